The average molecular weight is 488 g/mol. The maximum absolute atomic E-state index is 12.3. The van der Waals surface area contributed by atoms with Crippen molar-refractivity contribution in [3.63, 3.8) is 0 Å². The Labute approximate surface area is 168 Å². The van der Waals surface area contributed by atoms with Crippen LogP contribution in [0.2, 0.25) is 5.02 Å². The molecule has 0 heterocycles. The number of carbonyl (C=O) groups excluding carboxylic acids is 2. The Hall–Kier alpha value is -2.13. The van der Waals surface area contributed by atoms with Gasteiger partial charge in [0.2, 0.25) is 5.91 Å². The first-order valence-electron chi connectivity index (χ1n) is 7.51. The van der Waals surface area contributed by atoms with Crippen molar-refractivity contribution in [1.82, 2.24) is 0 Å². The Morgan fingerprint density at radius 2 is 1.85 bits per heavy atom. The Morgan fingerprint density at radius 1 is 1.12 bits per heavy atom. The molecule has 0 bridgehead atoms. The summed E-state index contributed by atoms with van der Waals surface area (Å²) in [6.45, 7) is 0. The van der Waals surface area contributed by atoms with Crippen molar-refractivity contribution in [2.45, 2.75) is 12.8 Å². The van der Waals surface area contributed by atoms with Crippen LogP contribution in [0, 0.1) is 3.57 Å². The number of Topliss-reactive ketones (excluding diaryl/α,β-unsaturated/α-hetero) is 1. The fourth-order valence-electron chi connectivity index (χ4n) is 2.27. The summed E-state index contributed by atoms with van der Waals surface area (Å²) in [6.07, 6.45) is -0.158. The molecule has 0 aliphatic rings. The SMILES string of the molecule is COc1ccc(Cl)cc1C(=O)CCC(=O)Nc1ccc(I)cc1C(=O)O. The van der Waals surface area contributed by atoms with E-state index in [-0.39, 0.29) is 29.9 Å². The highest BCUT2D eigenvalue weighted by molar-refractivity contribution is 14.1. The fraction of sp³-hybridized carbons (Fsp3) is 0.167. The maximum Gasteiger partial charge on any atom is 0.337 e. The number of rotatable bonds is 7. The molecule has 0 unspecified atom stereocenters. The summed E-state index contributed by atoms with van der Waals surface area (Å²) in [7, 11) is 1.44. The van der Waals surface area contributed by atoms with Crippen molar-refractivity contribution in [1.29, 1.82) is 0 Å². The van der Waals surface area contributed by atoms with E-state index in [1.54, 1.807) is 18.2 Å². The molecule has 2 aromatic carbocycles. The number of halogens is 2. The number of carboxylic acids is 1. The minimum atomic E-state index is -1.14. The number of nitrogens with one attached hydrogen (secondary N) is 1. The second kappa shape index (κ2) is 9.00. The zero-order valence-electron chi connectivity index (χ0n) is 13.7. The average Bonchev–Trinajstić information content (AvgIpc) is 2.61. The van der Waals surface area contributed by atoms with E-state index in [2.05, 4.69) is 5.32 Å². The topological polar surface area (TPSA) is 92.7 Å². The molecule has 8 heteroatoms. The summed E-state index contributed by atoms with van der Waals surface area (Å²) >= 11 is 7.89. The van der Waals surface area contributed by atoms with Gasteiger partial charge in [-0.3, -0.25) is 9.59 Å². The number of aromatic carboxylic acids is 1. The number of amides is 1. The van der Waals surface area contributed by atoms with Gasteiger partial charge in [-0.2, -0.15) is 0 Å². The van der Waals surface area contributed by atoms with Crippen molar-refractivity contribution < 1.29 is 24.2 Å². The third kappa shape index (κ3) is 5.18. The Morgan fingerprint density at radius 3 is 2.50 bits per heavy atom. The number of hydrogen-bond acceptors (Lipinski definition) is 4. The molecular formula is C18H15ClINO5. The Bertz CT molecular complexity index is 869. The molecule has 6 nitrogen and oxygen atoms in total. The summed E-state index contributed by atoms with van der Waals surface area (Å²) in [5, 5.41) is 12.1. The minimum absolute atomic E-state index is 0.00640. The summed E-state index contributed by atoms with van der Waals surface area (Å²) < 4.78 is 5.87. The molecule has 2 aromatic rings. The molecule has 0 atom stereocenters. The molecule has 26 heavy (non-hydrogen) atoms. The number of methoxy groups -OCH3 is 1. The van der Waals surface area contributed by atoms with Gasteiger partial charge in [0.1, 0.15) is 5.75 Å². The molecule has 0 aliphatic heterocycles. The van der Waals surface area contributed by atoms with Crippen LogP contribution in [-0.4, -0.2) is 29.9 Å². The predicted octanol–water partition coefficient (Wildman–Crippen LogP) is 4.25. The van der Waals surface area contributed by atoms with Crippen molar-refractivity contribution in [2.24, 2.45) is 0 Å². The maximum atomic E-state index is 12.3. The number of benzene rings is 2. The molecule has 0 aromatic heterocycles. The van der Waals surface area contributed by atoms with E-state index in [1.165, 1.54) is 25.3 Å². The fourth-order valence-corrected chi connectivity index (χ4v) is 2.94. The lowest BCUT2D eigenvalue weighted by Crippen LogP contribution is -2.16. The Kier molecular flexibility index (Phi) is 6.98. The monoisotopic (exact) mass is 487 g/mol. The number of anilines is 1. The van der Waals surface area contributed by atoms with Crippen LogP contribution in [0.25, 0.3) is 0 Å². The van der Waals surface area contributed by atoms with Crippen molar-refractivity contribution in [3.05, 3.63) is 56.1 Å². The largest absolute Gasteiger partial charge is 0.496 e. The molecule has 2 N–H and O–H groups in total. The van der Waals surface area contributed by atoms with Crippen LogP contribution in [0.4, 0.5) is 5.69 Å². The van der Waals surface area contributed by atoms with Crippen molar-refractivity contribution in [3.8, 4) is 5.75 Å². The lowest BCUT2D eigenvalue weighted by molar-refractivity contribution is -0.116. The summed E-state index contributed by atoms with van der Waals surface area (Å²) in [5.74, 6) is -1.51. The highest BCUT2D eigenvalue weighted by atomic mass is 127. The van der Waals surface area contributed by atoms with Gasteiger partial charge in [0.05, 0.1) is 23.9 Å². The summed E-state index contributed by atoms with van der Waals surface area (Å²) in [4.78, 5) is 35.7. The third-order valence-corrected chi connectivity index (χ3v) is 4.43. The van der Waals surface area contributed by atoms with E-state index in [9.17, 15) is 19.5 Å². The van der Waals surface area contributed by atoms with Gasteiger partial charge < -0.3 is 15.2 Å². The number of ether oxygens (including phenoxy) is 1. The zero-order valence-corrected chi connectivity index (χ0v) is 16.6. The molecule has 0 saturated carbocycles. The lowest BCUT2D eigenvalue weighted by atomic mass is 10.1. The number of carbonyl (C=O) groups is 3. The normalized spacial score (nSPS) is 10.3. The first-order valence-corrected chi connectivity index (χ1v) is 8.97. The van der Waals surface area contributed by atoms with Crippen LogP contribution >= 0.6 is 34.2 Å². The number of carboxylic acid groups (broad SMARTS) is 1. The van der Waals surface area contributed by atoms with Gasteiger partial charge in [0.25, 0.3) is 0 Å². The van der Waals surface area contributed by atoms with Crippen LogP contribution < -0.4 is 10.1 Å². The van der Waals surface area contributed by atoms with Crippen LogP contribution in [0.15, 0.2) is 36.4 Å². The third-order valence-electron chi connectivity index (χ3n) is 3.53. The molecule has 0 saturated heterocycles. The van der Waals surface area contributed by atoms with Crippen LogP contribution in [-0.2, 0) is 4.79 Å². The quantitative estimate of drug-likeness (QED) is 0.450. The van der Waals surface area contributed by atoms with Gasteiger partial charge in [0.15, 0.2) is 5.78 Å². The second-order valence-electron chi connectivity index (χ2n) is 5.31. The number of hydrogen-bond donors (Lipinski definition) is 2. The zero-order chi connectivity index (χ0) is 19.3. The van der Waals surface area contributed by atoms with Crippen molar-refractivity contribution in [2.75, 3.05) is 12.4 Å². The van der Waals surface area contributed by atoms with Crippen LogP contribution in [0.3, 0.4) is 0 Å². The molecule has 0 spiro atoms. The first-order chi connectivity index (χ1) is 12.3. The van der Waals surface area contributed by atoms with E-state index in [0.29, 0.717) is 16.3 Å². The molecule has 0 radical (unpaired) electrons. The first kappa shape index (κ1) is 20.2. The highest BCUT2D eigenvalue weighted by Crippen LogP contribution is 2.24. The smallest absolute Gasteiger partial charge is 0.337 e. The lowest BCUT2D eigenvalue weighted by Gasteiger charge is -2.10. The van der Waals surface area contributed by atoms with E-state index < -0.39 is 11.9 Å². The van der Waals surface area contributed by atoms with Gasteiger partial charge in [-0.05, 0) is 59.0 Å². The standard InChI is InChI=1S/C18H15ClINO5/c1-26-16-6-2-10(19)8-13(16)15(22)5-7-17(23)21-14-4-3-11(20)9-12(14)18(24)25/h2-4,6,8-9H,5,7H2,1H3,(H,21,23)(H,24,25). The molecule has 1 amide bonds. The van der Waals surface area contributed by atoms with Crippen molar-refractivity contribution >= 4 is 57.5 Å². The van der Waals surface area contributed by atoms with Gasteiger partial charge in [-0.15, -0.1) is 0 Å². The van der Waals surface area contributed by atoms with E-state index in [1.807, 2.05) is 22.6 Å². The molecule has 136 valence electrons. The minimum Gasteiger partial charge on any atom is -0.496 e. The molecule has 2 rings (SSSR count). The second-order valence-corrected chi connectivity index (χ2v) is 6.99. The highest BCUT2D eigenvalue weighted by Gasteiger charge is 2.17. The van der Waals surface area contributed by atoms with E-state index >= 15 is 0 Å². The van der Waals surface area contributed by atoms with Gasteiger partial charge in [0, 0.05) is 21.4 Å². The van der Waals surface area contributed by atoms with Gasteiger partial charge in [-0.1, -0.05) is 11.6 Å². The van der Waals surface area contributed by atoms with E-state index in [4.69, 9.17) is 16.3 Å². The molecular weight excluding hydrogens is 473 g/mol. The molecule has 0 fully saturated rings. The summed E-state index contributed by atoms with van der Waals surface area (Å²) in [6, 6.07) is 9.34. The van der Waals surface area contributed by atoms with Gasteiger partial charge >= 0.3 is 5.97 Å². The number of ketones is 1. The van der Waals surface area contributed by atoms with Gasteiger partial charge in [-0.25, -0.2) is 4.79 Å². The summed E-state index contributed by atoms with van der Waals surface area (Å²) in [5.41, 5.74) is 0.483. The van der Waals surface area contributed by atoms with E-state index in [0.717, 1.165) is 3.57 Å². The van der Waals surface area contributed by atoms with Crippen LogP contribution in [0.5, 0.6) is 5.75 Å². The Balaban J connectivity index is 2.05. The molecule has 0 aliphatic carbocycles. The predicted molar refractivity (Wildman–Crippen MR) is 106 cm³/mol. The van der Waals surface area contributed by atoms with Crippen LogP contribution in [0.1, 0.15) is 33.6 Å².